The van der Waals surface area contributed by atoms with E-state index in [1.165, 1.54) is 5.56 Å². The quantitative estimate of drug-likeness (QED) is 0.886. The third-order valence-corrected chi connectivity index (χ3v) is 5.01. The van der Waals surface area contributed by atoms with Crippen molar-refractivity contribution < 1.29 is 0 Å². The summed E-state index contributed by atoms with van der Waals surface area (Å²) in [7, 11) is 0. The molecule has 1 fully saturated rings. The number of nitrogens with zero attached hydrogens (tertiary/aromatic N) is 1. The zero-order valence-corrected chi connectivity index (χ0v) is 13.9. The van der Waals surface area contributed by atoms with Crippen molar-refractivity contribution >= 4 is 0 Å². The van der Waals surface area contributed by atoms with Gasteiger partial charge in [0, 0.05) is 25.2 Å². The summed E-state index contributed by atoms with van der Waals surface area (Å²) in [6.07, 6.45) is 0. The van der Waals surface area contributed by atoms with Crippen LogP contribution >= 0.6 is 0 Å². The smallest absolute Gasteiger partial charge is 0.0535 e. The van der Waals surface area contributed by atoms with E-state index in [0.29, 0.717) is 17.5 Å². The van der Waals surface area contributed by atoms with Crippen molar-refractivity contribution in [2.75, 3.05) is 13.1 Å². The largest absolute Gasteiger partial charge is 0.305 e. The Kier molecular flexibility index (Phi) is 4.27. The Labute approximate surface area is 124 Å². The van der Waals surface area contributed by atoms with Crippen LogP contribution in [0, 0.1) is 5.41 Å². The highest BCUT2D eigenvalue weighted by Crippen LogP contribution is 2.32. The molecule has 0 spiro atoms. The van der Waals surface area contributed by atoms with Crippen molar-refractivity contribution in [1.29, 1.82) is 0 Å². The monoisotopic (exact) mass is 274 g/mol. The summed E-state index contributed by atoms with van der Waals surface area (Å²) < 4.78 is 0. The van der Waals surface area contributed by atoms with E-state index in [4.69, 9.17) is 0 Å². The SMILES string of the molecule is CC1CNC(C)(c2ccccc2)CN1C(C)C(C)(C)C. The number of benzene rings is 1. The second kappa shape index (κ2) is 5.50. The second-order valence-corrected chi connectivity index (χ2v) is 7.64. The van der Waals surface area contributed by atoms with Crippen LogP contribution in [-0.2, 0) is 5.54 Å². The number of nitrogens with one attached hydrogen (secondary N) is 1. The molecule has 0 bridgehead atoms. The fourth-order valence-corrected chi connectivity index (χ4v) is 3.08. The zero-order chi connectivity index (χ0) is 15.0. The fraction of sp³-hybridized carbons (Fsp3) is 0.667. The van der Waals surface area contributed by atoms with Gasteiger partial charge in [0.2, 0.25) is 0 Å². The van der Waals surface area contributed by atoms with E-state index in [0.717, 1.165) is 13.1 Å². The minimum absolute atomic E-state index is 0.0489. The molecule has 20 heavy (non-hydrogen) atoms. The first kappa shape index (κ1) is 15.5. The zero-order valence-electron chi connectivity index (χ0n) is 13.9. The molecule has 0 aliphatic carbocycles. The lowest BCUT2D eigenvalue weighted by Gasteiger charge is -2.50. The van der Waals surface area contributed by atoms with Gasteiger partial charge in [0.05, 0.1) is 5.54 Å². The molecule has 1 saturated heterocycles. The van der Waals surface area contributed by atoms with Gasteiger partial charge in [-0.05, 0) is 31.7 Å². The minimum Gasteiger partial charge on any atom is -0.305 e. The summed E-state index contributed by atoms with van der Waals surface area (Å²) in [6, 6.07) is 12.0. The van der Waals surface area contributed by atoms with E-state index < -0.39 is 0 Å². The van der Waals surface area contributed by atoms with Crippen molar-refractivity contribution in [3.63, 3.8) is 0 Å². The number of hydrogen-bond acceptors (Lipinski definition) is 2. The lowest BCUT2D eigenvalue weighted by Crippen LogP contribution is -2.63. The third-order valence-electron chi connectivity index (χ3n) is 5.01. The summed E-state index contributed by atoms with van der Waals surface area (Å²) in [4.78, 5) is 2.67. The van der Waals surface area contributed by atoms with E-state index in [1.807, 2.05) is 0 Å². The summed E-state index contributed by atoms with van der Waals surface area (Å²) in [6.45, 7) is 16.2. The molecule has 3 unspecified atom stereocenters. The molecule has 1 aliphatic heterocycles. The molecular formula is C18H30N2. The van der Waals surface area contributed by atoms with E-state index in [1.54, 1.807) is 0 Å². The molecule has 1 N–H and O–H groups in total. The first-order valence-electron chi connectivity index (χ1n) is 7.80. The van der Waals surface area contributed by atoms with Gasteiger partial charge in [-0.25, -0.2) is 0 Å². The van der Waals surface area contributed by atoms with Crippen molar-refractivity contribution in [2.45, 2.75) is 59.2 Å². The summed E-state index contributed by atoms with van der Waals surface area (Å²) in [5.41, 5.74) is 1.74. The molecule has 3 atom stereocenters. The Morgan fingerprint density at radius 2 is 1.85 bits per heavy atom. The van der Waals surface area contributed by atoms with Crippen LogP contribution in [0.4, 0.5) is 0 Å². The van der Waals surface area contributed by atoms with Crippen LogP contribution in [0.3, 0.4) is 0 Å². The van der Waals surface area contributed by atoms with E-state index in [2.05, 4.69) is 82.1 Å². The Morgan fingerprint density at radius 3 is 2.40 bits per heavy atom. The van der Waals surface area contributed by atoms with Gasteiger partial charge >= 0.3 is 0 Å². The van der Waals surface area contributed by atoms with Gasteiger partial charge in [-0.1, -0.05) is 51.1 Å². The molecule has 2 rings (SSSR count). The average Bonchev–Trinajstić information content (AvgIpc) is 2.41. The van der Waals surface area contributed by atoms with Crippen molar-refractivity contribution in [1.82, 2.24) is 10.2 Å². The molecule has 112 valence electrons. The van der Waals surface area contributed by atoms with Crippen LogP contribution in [0.15, 0.2) is 30.3 Å². The van der Waals surface area contributed by atoms with Crippen molar-refractivity contribution in [2.24, 2.45) is 5.41 Å². The maximum absolute atomic E-state index is 3.76. The molecule has 1 aromatic rings. The molecule has 0 radical (unpaired) electrons. The first-order valence-corrected chi connectivity index (χ1v) is 7.80. The van der Waals surface area contributed by atoms with Gasteiger partial charge < -0.3 is 5.32 Å². The van der Waals surface area contributed by atoms with E-state index in [-0.39, 0.29) is 5.54 Å². The van der Waals surface area contributed by atoms with Crippen LogP contribution in [0.2, 0.25) is 0 Å². The summed E-state index contributed by atoms with van der Waals surface area (Å²) in [5, 5.41) is 3.76. The fourth-order valence-electron chi connectivity index (χ4n) is 3.08. The molecule has 2 nitrogen and oxygen atoms in total. The van der Waals surface area contributed by atoms with Gasteiger partial charge in [0.15, 0.2) is 0 Å². The Balaban J connectivity index is 2.24. The van der Waals surface area contributed by atoms with Crippen molar-refractivity contribution in [3.05, 3.63) is 35.9 Å². The van der Waals surface area contributed by atoms with Crippen LogP contribution in [0.5, 0.6) is 0 Å². The predicted molar refractivity (Wildman–Crippen MR) is 86.9 cm³/mol. The Hall–Kier alpha value is -0.860. The number of rotatable bonds is 2. The molecule has 0 amide bonds. The minimum atomic E-state index is 0.0489. The van der Waals surface area contributed by atoms with Crippen LogP contribution in [0.25, 0.3) is 0 Å². The lowest BCUT2D eigenvalue weighted by atomic mass is 9.82. The second-order valence-electron chi connectivity index (χ2n) is 7.64. The van der Waals surface area contributed by atoms with E-state index >= 15 is 0 Å². The van der Waals surface area contributed by atoms with E-state index in [9.17, 15) is 0 Å². The maximum Gasteiger partial charge on any atom is 0.0535 e. The Bertz CT molecular complexity index is 434. The maximum atomic E-state index is 3.76. The topological polar surface area (TPSA) is 15.3 Å². The first-order chi connectivity index (χ1) is 9.24. The van der Waals surface area contributed by atoms with Gasteiger partial charge in [-0.2, -0.15) is 0 Å². The predicted octanol–water partition coefficient (Wildman–Crippen LogP) is 3.63. The van der Waals surface area contributed by atoms with Crippen LogP contribution in [0.1, 0.15) is 47.1 Å². The van der Waals surface area contributed by atoms with Crippen LogP contribution in [-0.4, -0.2) is 30.1 Å². The molecule has 1 aliphatic rings. The molecule has 0 saturated carbocycles. The summed E-state index contributed by atoms with van der Waals surface area (Å²) in [5.74, 6) is 0. The Morgan fingerprint density at radius 1 is 1.25 bits per heavy atom. The number of piperazine rings is 1. The van der Waals surface area contributed by atoms with Crippen molar-refractivity contribution in [3.8, 4) is 0 Å². The summed E-state index contributed by atoms with van der Waals surface area (Å²) >= 11 is 0. The van der Waals surface area contributed by atoms with Gasteiger partial charge in [0.1, 0.15) is 0 Å². The molecule has 1 heterocycles. The molecule has 1 aromatic carbocycles. The average molecular weight is 274 g/mol. The standard InChI is InChI=1S/C18H30N2/c1-14-12-19-18(6,16-10-8-7-9-11-16)13-20(14)15(2)17(3,4)5/h7-11,14-15,19H,12-13H2,1-6H3. The highest BCUT2D eigenvalue weighted by Gasteiger charge is 2.39. The highest BCUT2D eigenvalue weighted by molar-refractivity contribution is 5.25. The third kappa shape index (κ3) is 3.07. The van der Waals surface area contributed by atoms with Gasteiger partial charge in [0.25, 0.3) is 0 Å². The molecule has 2 heteroatoms. The number of hydrogen-bond donors (Lipinski definition) is 1. The molecule has 0 aromatic heterocycles. The normalized spacial score (nSPS) is 30.2. The van der Waals surface area contributed by atoms with Gasteiger partial charge in [-0.3, -0.25) is 4.90 Å². The molecular weight excluding hydrogens is 244 g/mol. The van der Waals surface area contributed by atoms with Crippen LogP contribution < -0.4 is 5.32 Å². The van der Waals surface area contributed by atoms with Gasteiger partial charge in [-0.15, -0.1) is 0 Å². The highest BCUT2D eigenvalue weighted by atomic mass is 15.3. The lowest BCUT2D eigenvalue weighted by molar-refractivity contribution is 0.0166.